The molecule has 0 aliphatic carbocycles. The van der Waals surface area contributed by atoms with Gasteiger partial charge in [0.25, 0.3) is 0 Å². The summed E-state index contributed by atoms with van der Waals surface area (Å²) in [7, 11) is 1.61. The SMILES string of the molecule is COCc1cc(COC2(C)CCN(C(=O)OC(C)(C)C)CC2)no1. The molecular weight excluding hydrogens is 312 g/mol. The Kier molecular flexibility index (Phi) is 5.87. The minimum atomic E-state index is -0.471. The lowest BCUT2D eigenvalue weighted by Gasteiger charge is -2.39. The summed E-state index contributed by atoms with van der Waals surface area (Å²) in [5.74, 6) is 0.681. The molecule has 0 unspecified atom stereocenters. The van der Waals surface area contributed by atoms with E-state index in [1.807, 2.05) is 26.8 Å². The summed E-state index contributed by atoms with van der Waals surface area (Å²) in [5.41, 5.74) is -0.00192. The third kappa shape index (κ3) is 5.49. The second-order valence-corrected chi connectivity index (χ2v) is 7.42. The van der Waals surface area contributed by atoms with Crippen molar-refractivity contribution < 1.29 is 23.5 Å². The molecule has 1 amide bonds. The number of ether oxygens (including phenoxy) is 3. The van der Waals surface area contributed by atoms with Crippen molar-refractivity contribution >= 4 is 6.09 Å². The third-order valence-electron chi connectivity index (χ3n) is 3.94. The number of carbonyl (C=O) groups excluding carboxylic acids is 1. The van der Waals surface area contributed by atoms with Gasteiger partial charge in [0.2, 0.25) is 0 Å². The Morgan fingerprint density at radius 3 is 2.58 bits per heavy atom. The van der Waals surface area contributed by atoms with E-state index in [4.69, 9.17) is 18.7 Å². The van der Waals surface area contributed by atoms with Crippen LogP contribution in [0.3, 0.4) is 0 Å². The number of hydrogen-bond donors (Lipinski definition) is 0. The van der Waals surface area contributed by atoms with Crippen LogP contribution in [0.15, 0.2) is 10.6 Å². The van der Waals surface area contributed by atoms with E-state index in [9.17, 15) is 4.79 Å². The van der Waals surface area contributed by atoms with Crippen LogP contribution in [0.2, 0.25) is 0 Å². The van der Waals surface area contributed by atoms with Crippen molar-refractivity contribution in [2.45, 2.75) is 65.0 Å². The van der Waals surface area contributed by atoms with Crippen molar-refractivity contribution in [3.63, 3.8) is 0 Å². The summed E-state index contributed by atoms with van der Waals surface area (Å²) in [5, 5.41) is 3.97. The Morgan fingerprint density at radius 2 is 2.00 bits per heavy atom. The fourth-order valence-electron chi connectivity index (χ4n) is 2.52. The summed E-state index contributed by atoms with van der Waals surface area (Å²) < 4.78 is 21.6. The highest BCUT2D eigenvalue weighted by molar-refractivity contribution is 5.68. The molecule has 0 N–H and O–H groups in total. The predicted octanol–water partition coefficient (Wildman–Crippen LogP) is 3.13. The van der Waals surface area contributed by atoms with Gasteiger partial charge in [0.15, 0.2) is 5.76 Å². The summed E-state index contributed by atoms with van der Waals surface area (Å²) in [6.07, 6.45) is 1.26. The van der Waals surface area contributed by atoms with Crippen LogP contribution in [0.25, 0.3) is 0 Å². The standard InChI is InChI=1S/C17H28N2O5/c1-16(2,3)23-15(20)19-8-6-17(4,7-9-19)22-11-13-10-14(12-21-5)24-18-13/h10H,6-9,11-12H2,1-5H3. The number of amides is 1. The summed E-state index contributed by atoms with van der Waals surface area (Å²) in [6.45, 7) is 9.71. The minimum absolute atomic E-state index is 0.259. The highest BCUT2D eigenvalue weighted by Gasteiger charge is 2.34. The first-order valence-electron chi connectivity index (χ1n) is 8.26. The molecule has 1 saturated heterocycles. The van der Waals surface area contributed by atoms with Crippen LogP contribution in [0.5, 0.6) is 0 Å². The molecule has 1 aromatic heterocycles. The molecule has 1 aromatic rings. The normalized spacial score (nSPS) is 17.8. The predicted molar refractivity (Wildman–Crippen MR) is 87.5 cm³/mol. The van der Waals surface area contributed by atoms with E-state index < -0.39 is 5.60 Å². The average molecular weight is 340 g/mol. The molecule has 2 heterocycles. The van der Waals surface area contributed by atoms with Crippen molar-refractivity contribution in [1.82, 2.24) is 10.1 Å². The van der Waals surface area contributed by atoms with Gasteiger partial charge in [0.1, 0.15) is 17.9 Å². The van der Waals surface area contributed by atoms with Crippen LogP contribution >= 0.6 is 0 Å². The molecule has 0 aromatic carbocycles. The van der Waals surface area contributed by atoms with Gasteiger partial charge in [-0.15, -0.1) is 0 Å². The molecule has 1 aliphatic heterocycles. The third-order valence-corrected chi connectivity index (χ3v) is 3.94. The summed E-state index contributed by atoms with van der Waals surface area (Å²) in [4.78, 5) is 13.8. The molecule has 1 fully saturated rings. The van der Waals surface area contributed by atoms with E-state index in [-0.39, 0.29) is 11.7 Å². The number of likely N-dealkylation sites (tertiary alicyclic amines) is 1. The van der Waals surface area contributed by atoms with Gasteiger partial charge in [-0.2, -0.15) is 0 Å². The lowest BCUT2D eigenvalue weighted by molar-refractivity contribution is -0.0825. The van der Waals surface area contributed by atoms with Crippen LogP contribution in [0.4, 0.5) is 4.79 Å². The first-order chi connectivity index (χ1) is 11.2. The first-order valence-corrected chi connectivity index (χ1v) is 8.26. The topological polar surface area (TPSA) is 74.0 Å². The highest BCUT2D eigenvalue weighted by Crippen LogP contribution is 2.28. The second-order valence-electron chi connectivity index (χ2n) is 7.42. The molecule has 136 valence electrons. The summed E-state index contributed by atoms with van der Waals surface area (Å²) >= 11 is 0. The largest absolute Gasteiger partial charge is 0.444 e. The first kappa shape index (κ1) is 18.7. The van der Waals surface area contributed by atoms with E-state index in [1.54, 1.807) is 12.0 Å². The molecule has 7 nitrogen and oxygen atoms in total. The fraction of sp³-hybridized carbons (Fsp3) is 0.765. The maximum absolute atomic E-state index is 12.1. The van der Waals surface area contributed by atoms with E-state index in [0.29, 0.717) is 32.1 Å². The van der Waals surface area contributed by atoms with Crippen molar-refractivity contribution in [1.29, 1.82) is 0 Å². The van der Waals surface area contributed by atoms with Crippen molar-refractivity contribution in [3.05, 3.63) is 17.5 Å². The van der Waals surface area contributed by atoms with E-state index in [0.717, 1.165) is 18.5 Å². The van der Waals surface area contributed by atoms with E-state index in [1.165, 1.54) is 0 Å². The van der Waals surface area contributed by atoms with E-state index >= 15 is 0 Å². The second kappa shape index (κ2) is 7.53. The van der Waals surface area contributed by atoms with Crippen LogP contribution < -0.4 is 0 Å². The average Bonchev–Trinajstić information content (AvgIpc) is 2.92. The molecule has 0 radical (unpaired) electrons. The van der Waals surface area contributed by atoms with Gasteiger partial charge < -0.3 is 23.6 Å². The maximum atomic E-state index is 12.1. The molecule has 0 saturated carbocycles. The number of rotatable bonds is 5. The lowest BCUT2D eigenvalue weighted by Crippen LogP contribution is -2.47. The van der Waals surface area contributed by atoms with Gasteiger partial charge in [-0.3, -0.25) is 0 Å². The zero-order valence-electron chi connectivity index (χ0n) is 15.3. The number of nitrogens with zero attached hydrogens (tertiary/aromatic N) is 2. The van der Waals surface area contributed by atoms with Crippen molar-refractivity contribution in [2.24, 2.45) is 0 Å². The molecule has 24 heavy (non-hydrogen) atoms. The summed E-state index contributed by atoms with van der Waals surface area (Å²) in [6, 6.07) is 1.84. The number of aromatic nitrogens is 1. The van der Waals surface area contributed by atoms with E-state index in [2.05, 4.69) is 12.1 Å². The molecule has 0 bridgehead atoms. The lowest BCUT2D eigenvalue weighted by atomic mass is 9.93. The van der Waals surface area contributed by atoms with Gasteiger partial charge in [-0.25, -0.2) is 4.79 Å². The van der Waals surface area contributed by atoms with Crippen LogP contribution in [0.1, 0.15) is 52.0 Å². The zero-order valence-corrected chi connectivity index (χ0v) is 15.3. The van der Waals surface area contributed by atoms with Gasteiger partial charge in [-0.1, -0.05) is 5.16 Å². The molecule has 1 aliphatic rings. The van der Waals surface area contributed by atoms with Crippen molar-refractivity contribution in [2.75, 3.05) is 20.2 Å². The Labute approximate surface area is 143 Å². The van der Waals surface area contributed by atoms with Gasteiger partial charge >= 0.3 is 6.09 Å². The molecular formula is C17H28N2O5. The number of carbonyl (C=O) groups is 1. The fourth-order valence-corrected chi connectivity index (χ4v) is 2.52. The Bertz CT molecular complexity index is 541. The van der Waals surface area contributed by atoms with Gasteiger partial charge in [0, 0.05) is 26.3 Å². The Morgan fingerprint density at radius 1 is 1.33 bits per heavy atom. The van der Waals surface area contributed by atoms with Crippen LogP contribution in [-0.4, -0.2) is 47.6 Å². The number of methoxy groups -OCH3 is 1. The Balaban J connectivity index is 1.80. The molecule has 0 spiro atoms. The maximum Gasteiger partial charge on any atom is 0.410 e. The monoisotopic (exact) mass is 340 g/mol. The van der Waals surface area contributed by atoms with Crippen LogP contribution in [0, 0.1) is 0 Å². The quantitative estimate of drug-likeness (QED) is 0.820. The van der Waals surface area contributed by atoms with Crippen molar-refractivity contribution in [3.8, 4) is 0 Å². The Hall–Kier alpha value is -1.60. The molecule has 0 atom stereocenters. The molecule has 2 rings (SSSR count). The van der Waals surface area contributed by atoms with Crippen LogP contribution in [-0.2, 0) is 27.4 Å². The number of hydrogen-bond acceptors (Lipinski definition) is 6. The van der Waals surface area contributed by atoms with Gasteiger partial charge in [0.05, 0.1) is 12.2 Å². The minimum Gasteiger partial charge on any atom is -0.444 e. The molecule has 7 heteroatoms. The van der Waals surface area contributed by atoms with Gasteiger partial charge in [-0.05, 0) is 40.5 Å². The number of piperidine rings is 1. The zero-order chi connectivity index (χ0) is 17.8. The highest BCUT2D eigenvalue weighted by atomic mass is 16.6. The smallest absolute Gasteiger partial charge is 0.410 e.